The third kappa shape index (κ3) is 4.74. The smallest absolute Gasteiger partial charge is 0.256 e. The van der Waals surface area contributed by atoms with Crippen LogP contribution in [-0.4, -0.2) is 24.0 Å². The number of carbonyl (C=O) groups excluding carboxylic acids is 2. The van der Waals surface area contributed by atoms with Crippen LogP contribution in [-0.2, 0) is 5.75 Å². The maximum Gasteiger partial charge on any atom is 0.256 e. The van der Waals surface area contributed by atoms with Crippen LogP contribution in [0.3, 0.4) is 0 Å². The van der Waals surface area contributed by atoms with Gasteiger partial charge in [0.15, 0.2) is 0 Å². The lowest BCUT2D eigenvalue weighted by Gasteiger charge is -2.11. The molecule has 0 saturated carbocycles. The molecule has 28 heavy (non-hydrogen) atoms. The Morgan fingerprint density at radius 1 is 1.11 bits per heavy atom. The molecule has 0 atom stereocenters. The number of halogens is 1. The molecule has 8 heteroatoms. The van der Waals surface area contributed by atoms with Gasteiger partial charge < -0.3 is 15.2 Å². The summed E-state index contributed by atoms with van der Waals surface area (Å²) in [6.45, 7) is 1.86. The number of carbonyl (C=O) groups is 2. The number of benzene rings is 2. The second-order valence-electron chi connectivity index (χ2n) is 5.95. The first-order chi connectivity index (χ1) is 13.5. The van der Waals surface area contributed by atoms with E-state index in [4.69, 9.17) is 16.1 Å². The normalized spacial score (nSPS) is 10.5. The molecule has 1 heterocycles. The van der Waals surface area contributed by atoms with E-state index in [1.807, 2.05) is 25.1 Å². The summed E-state index contributed by atoms with van der Waals surface area (Å²) in [6, 6.07) is 13.9. The number of nitrogens with one attached hydrogen (secondary N) is 2. The molecule has 1 aromatic heterocycles. The van der Waals surface area contributed by atoms with Gasteiger partial charge in [0, 0.05) is 23.7 Å². The maximum atomic E-state index is 12.8. The summed E-state index contributed by atoms with van der Waals surface area (Å²) in [5.41, 5.74) is 2.13. The minimum absolute atomic E-state index is 0.276. The van der Waals surface area contributed by atoms with E-state index in [9.17, 15) is 9.59 Å². The summed E-state index contributed by atoms with van der Waals surface area (Å²) in [6.07, 6.45) is 0. The number of amides is 2. The summed E-state index contributed by atoms with van der Waals surface area (Å²) in [7, 11) is 1.52. The van der Waals surface area contributed by atoms with E-state index in [2.05, 4.69) is 15.8 Å². The van der Waals surface area contributed by atoms with Gasteiger partial charge in [-0.2, -0.15) is 0 Å². The van der Waals surface area contributed by atoms with Gasteiger partial charge in [-0.05, 0) is 37.3 Å². The van der Waals surface area contributed by atoms with Crippen molar-refractivity contribution in [2.75, 3.05) is 12.4 Å². The SMILES string of the molecule is CNC(=O)c1cc(NC(=O)c2ccccc2SCc2cc(C)no2)ccc1Cl. The zero-order valence-corrected chi connectivity index (χ0v) is 16.9. The Labute approximate surface area is 171 Å². The molecule has 144 valence electrons. The van der Waals surface area contributed by atoms with Crippen molar-refractivity contribution >= 4 is 40.9 Å². The monoisotopic (exact) mass is 415 g/mol. The molecule has 3 rings (SSSR count). The van der Waals surface area contributed by atoms with Crippen LogP contribution in [0.1, 0.15) is 32.2 Å². The first-order valence-corrected chi connectivity index (χ1v) is 9.81. The molecule has 0 unspecified atom stereocenters. The molecule has 0 aliphatic rings. The van der Waals surface area contributed by atoms with Gasteiger partial charge in [0.1, 0.15) is 5.76 Å². The van der Waals surface area contributed by atoms with Crippen molar-refractivity contribution < 1.29 is 14.1 Å². The van der Waals surface area contributed by atoms with Crippen LogP contribution in [0.5, 0.6) is 0 Å². The highest BCUT2D eigenvalue weighted by Gasteiger charge is 2.15. The molecule has 2 amide bonds. The summed E-state index contributed by atoms with van der Waals surface area (Å²) in [5.74, 6) is 0.708. The van der Waals surface area contributed by atoms with E-state index < -0.39 is 0 Å². The largest absolute Gasteiger partial charge is 0.360 e. The van der Waals surface area contributed by atoms with Crippen molar-refractivity contribution in [3.8, 4) is 0 Å². The standard InChI is InChI=1S/C20H18ClN3O3S/c1-12-9-14(27-24-12)11-28-18-6-4-3-5-15(18)20(26)23-13-7-8-17(21)16(10-13)19(25)22-2/h3-10H,11H2,1-2H3,(H,22,25)(H,23,26). The Balaban J connectivity index is 1.77. The van der Waals surface area contributed by atoms with Crippen LogP contribution in [0, 0.1) is 6.92 Å². The van der Waals surface area contributed by atoms with Crippen molar-refractivity contribution in [2.45, 2.75) is 17.6 Å². The maximum absolute atomic E-state index is 12.8. The Bertz CT molecular complexity index is 1020. The minimum atomic E-state index is -0.320. The van der Waals surface area contributed by atoms with E-state index in [-0.39, 0.29) is 11.8 Å². The van der Waals surface area contributed by atoms with E-state index in [1.54, 1.807) is 30.3 Å². The molecule has 2 N–H and O–H groups in total. The van der Waals surface area contributed by atoms with Gasteiger partial charge in [-0.15, -0.1) is 11.8 Å². The molecule has 0 bridgehead atoms. The third-order valence-corrected chi connectivity index (χ3v) is 5.30. The summed E-state index contributed by atoms with van der Waals surface area (Å²) in [5, 5.41) is 9.53. The molecular formula is C20H18ClN3O3S. The number of anilines is 1. The van der Waals surface area contributed by atoms with Gasteiger partial charge in [-0.25, -0.2) is 0 Å². The lowest BCUT2D eigenvalue weighted by Crippen LogP contribution is -2.19. The molecule has 0 saturated heterocycles. The number of aryl methyl sites for hydroxylation is 1. The van der Waals surface area contributed by atoms with Gasteiger partial charge in [0.25, 0.3) is 11.8 Å². The fourth-order valence-corrected chi connectivity index (χ4v) is 3.65. The highest BCUT2D eigenvalue weighted by Crippen LogP contribution is 2.28. The topological polar surface area (TPSA) is 84.2 Å². The van der Waals surface area contributed by atoms with Gasteiger partial charge in [0.05, 0.1) is 27.6 Å². The predicted octanol–water partition coefficient (Wildman–Crippen LogP) is 4.54. The highest BCUT2D eigenvalue weighted by atomic mass is 35.5. The zero-order valence-electron chi connectivity index (χ0n) is 15.3. The average molecular weight is 416 g/mol. The van der Waals surface area contributed by atoms with Crippen LogP contribution < -0.4 is 10.6 Å². The van der Waals surface area contributed by atoms with Crippen LogP contribution in [0.25, 0.3) is 0 Å². The first-order valence-electron chi connectivity index (χ1n) is 8.45. The third-order valence-electron chi connectivity index (χ3n) is 3.87. The lowest BCUT2D eigenvalue weighted by atomic mass is 10.1. The predicted molar refractivity (Wildman–Crippen MR) is 110 cm³/mol. The van der Waals surface area contributed by atoms with E-state index in [0.717, 1.165) is 16.3 Å². The highest BCUT2D eigenvalue weighted by molar-refractivity contribution is 7.98. The second-order valence-corrected chi connectivity index (χ2v) is 7.37. The summed E-state index contributed by atoms with van der Waals surface area (Å²) in [4.78, 5) is 25.5. The van der Waals surface area contributed by atoms with Gasteiger partial charge in [-0.3, -0.25) is 9.59 Å². The molecule has 0 radical (unpaired) electrons. The van der Waals surface area contributed by atoms with Crippen LogP contribution in [0.2, 0.25) is 5.02 Å². The summed E-state index contributed by atoms with van der Waals surface area (Å²) >= 11 is 7.55. The molecule has 0 spiro atoms. The number of thioether (sulfide) groups is 1. The van der Waals surface area contributed by atoms with Gasteiger partial charge >= 0.3 is 0 Å². The zero-order chi connectivity index (χ0) is 20.1. The average Bonchev–Trinajstić information content (AvgIpc) is 3.12. The van der Waals surface area contributed by atoms with E-state index >= 15 is 0 Å². The molecule has 6 nitrogen and oxygen atoms in total. The Kier molecular flexibility index (Phi) is 6.38. The van der Waals surface area contributed by atoms with Crippen LogP contribution >= 0.6 is 23.4 Å². The van der Waals surface area contributed by atoms with Crippen molar-refractivity contribution in [3.63, 3.8) is 0 Å². The van der Waals surface area contributed by atoms with E-state index in [1.165, 1.54) is 18.8 Å². The fraction of sp³-hybridized carbons (Fsp3) is 0.150. The van der Waals surface area contributed by atoms with Crippen molar-refractivity contribution in [1.29, 1.82) is 0 Å². The Morgan fingerprint density at radius 2 is 1.89 bits per heavy atom. The quantitative estimate of drug-likeness (QED) is 0.577. The van der Waals surface area contributed by atoms with Crippen molar-refractivity contribution in [1.82, 2.24) is 10.5 Å². The molecule has 0 aliphatic heterocycles. The lowest BCUT2D eigenvalue weighted by molar-refractivity contribution is 0.0961. The van der Waals surface area contributed by atoms with Crippen LogP contribution in [0.15, 0.2) is 57.9 Å². The molecule has 2 aromatic carbocycles. The van der Waals surface area contributed by atoms with Crippen molar-refractivity contribution in [2.24, 2.45) is 0 Å². The Morgan fingerprint density at radius 3 is 2.61 bits per heavy atom. The van der Waals surface area contributed by atoms with Crippen LogP contribution in [0.4, 0.5) is 5.69 Å². The van der Waals surface area contributed by atoms with E-state index in [0.29, 0.717) is 27.6 Å². The molecule has 0 aliphatic carbocycles. The second kappa shape index (κ2) is 8.95. The molecular weight excluding hydrogens is 398 g/mol. The molecule has 3 aromatic rings. The minimum Gasteiger partial charge on any atom is -0.360 e. The number of aromatic nitrogens is 1. The Hall–Kier alpha value is -2.77. The number of rotatable bonds is 6. The molecule has 0 fully saturated rings. The first kappa shape index (κ1) is 20.0. The number of hydrogen-bond donors (Lipinski definition) is 2. The fourth-order valence-electron chi connectivity index (χ4n) is 2.52. The number of hydrogen-bond acceptors (Lipinski definition) is 5. The van der Waals surface area contributed by atoms with Gasteiger partial charge in [0.2, 0.25) is 0 Å². The van der Waals surface area contributed by atoms with Crippen molar-refractivity contribution in [3.05, 3.63) is 76.1 Å². The number of nitrogens with zero attached hydrogens (tertiary/aromatic N) is 1. The summed E-state index contributed by atoms with van der Waals surface area (Å²) < 4.78 is 5.22. The van der Waals surface area contributed by atoms with Gasteiger partial charge in [-0.1, -0.05) is 28.9 Å².